The maximum atomic E-state index is 13.5. The molecule has 0 aromatic heterocycles. The molecular weight excluding hydrogens is 302 g/mol. The zero-order chi connectivity index (χ0) is 16.7. The van der Waals surface area contributed by atoms with E-state index in [1.165, 1.54) is 12.1 Å². The summed E-state index contributed by atoms with van der Waals surface area (Å²) >= 11 is 0. The number of carbonyl (C=O) groups is 1. The number of aliphatic hydroxyl groups excluding tert-OH is 1. The maximum absolute atomic E-state index is 13.5. The van der Waals surface area contributed by atoms with Crippen LogP contribution < -0.4 is 0 Å². The summed E-state index contributed by atoms with van der Waals surface area (Å²) < 4.78 is 53.9. The van der Waals surface area contributed by atoms with Crippen molar-refractivity contribution < 1.29 is 27.5 Å². The number of nitrogens with zero attached hydrogens (tertiary/aromatic N) is 1. The largest absolute Gasteiger partial charge is 0.506 e. The third kappa shape index (κ3) is 2.30. The predicted molar refractivity (Wildman–Crippen MR) is 72.7 cm³/mol. The van der Waals surface area contributed by atoms with Crippen molar-refractivity contribution in [3.05, 3.63) is 47.2 Å². The van der Waals surface area contributed by atoms with Crippen molar-refractivity contribution >= 4 is 11.5 Å². The van der Waals surface area contributed by atoms with Crippen LogP contribution in [0.5, 0.6) is 0 Å². The van der Waals surface area contributed by atoms with Gasteiger partial charge in [-0.15, -0.1) is 0 Å². The number of aliphatic hydroxyl groups is 1. The minimum Gasteiger partial charge on any atom is -0.506 e. The number of allylic oxidation sites excluding steroid dienone is 2. The molecule has 0 unspecified atom stereocenters. The number of benzene rings is 1. The highest BCUT2D eigenvalue weighted by Gasteiger charge is 2.71. The van der Waals surface area contributed by atoms with Crippen molar-refractivity contribution in [3.8, 4) is 0 Å². The van der Waals surface area contributed by atoms with Crippen molar-refractivity contribution in [3.63, 3.8) is 0 Å². The van der Waals surface area contributed by atoms with Crippen LogP contribution in [0.4, 0.5) is 17.6 Å². The van der Waals surface area contributed by atoms with E-state index in [0.717, 1.165) is 0 Å². The third-order valence-electron chi connectivity index (χ3n) is 3.11. The van der Waals surface area contributed by atoms with E-state index in [9.17, 15) is 27.5 Å². The summed E-state index contributed by atoms with van der Waals surface area (Å²) in [5, 5.41) is 9.52. The molecule has 0 fully saturated rings. The van der Waals surface area contributed by atoms with Crippen molar-refractivity contribution in [2.24, 2.45) is 4.99 Å². The summed E-state index contributed by atoms with van der Waals surface area (Å²) in [4.78, 5) is 15.7. The van der Waals surface area contributed by atoms with Gasteiger partial charge in [0.1, 0.15) is 0 Å². The second-order valence-electron chi connectivity index (χ2n) is 5.14. The first-order chi connectivity index (χ1) is 10.1. The number of halogens is 4. The van der Waals surface area contributed by atoms with Gasteiger partial charge < -0.3 is 5.11 Å². The molecule has 22 heavy (non-hydrogen) atoms. The van der Waals surface area contributed by atoms with Gasteiger partial charge in [0.25, 0.3) is 0 Å². The number of alkyl halides is 4. The van der Waals surface area contributed by atoms with Crippen LogP contribution >= 0.6 is 0 Å². The van der Waals surface area contributed by atoms with Gasteiger partial charge in [-0.2, -0.15) is 17.6 Å². The number of ketones is 1. The Morgan fingerprint density at radius 2 is 1.64 bits per heavy atom. The average Bonchev–Trinajstić information content (AvgIpc) is 2.56. The summed E-state index contributed by atoms with van der Waals surface area (Å²) in [5.74, 6) is -14.0. The molecule has 3 nitrogen and oxygen atoms in total. The summed E-state index contributed by atoms with van der Waals surface area (Å²) in [6.07, 6.45) is 0. The molecular formula is C15H13F4NO2. The van der Waals surface area contributed by atoms with Crippen LogP contribution in [0.15, 0.2) is 46.7 Å². The molecule has 1 aliphatic carbocycles. The standard InChI is InChI=1S/C15H13F4NO2/c1-8(2)20-11(9-6-4-3-5-7-9)10-12(21)14(16,17)15(18,19)13(10)22/h3-8,21H,1-2H3. The summed E-state index contributed by atoms with van der Waals surface area (Å²) in [5.41, 5.74) is -1.30. The van der Waals surface area contributed by atoms with Crippen LogP contribution in [0, 0.1) is 0 Å². The minimum absolute atomic E-state index is 0.194. The lowest BCUT2D eigenvalue weighted by atomic mass is 9.99. The lowest BCUT2D eigenvalue weighted by Gasteiger charge is -2.16. The average molecular weight is 315 g/mol. The van der Waals surface area contributed by atoms with Gasteiger partial charge in [-0.1, -0.05) is 30.3 Å². The van der Waals surface area contributed by atoms with Crippen LogP contribution in [0.25, 0.3) is 0 Å². The van der Waals surface area contributed by atoms with Crippen LogP contribution in [-0.4, -0.2) is 34.5 Å². The van der Waals surface area contributed by atoms with E-state index >= 15 is 0 Å². The van der Waals surface area contributed by atoms with Crippen molar-refractivity contribution in [1.82, 2.24) is 0 Å². The molecule has 0 saturated carbocycles. The Morgan fingerprint density at radius 3 is 2.05 bits per heavy atom. The topological polar surface area (TPSA) is 49.7 Å². The van der Waals surface area contributed by atoms with E-state index in [2.05, 4.69) is 4.99 Å². The molecule has 0 bridgehead atoms. The monoisotopic (exact) mass is 315 g/mol. The van der Waals surface area contributed by atoms with Crippen LogP contribution in [0.2, 0.25) is 0 Å². The normalized spacial score (nSPS) is 20.9. The fraction of sp³-hybridized carbons (Fsp3) is 0.333. The van der Waals surface area contributed by atoms with Crippen molar-refractivity contribution in [2.75, 3.05) is 0 Å². The third-order valence-corrected chi connectivity index (χ3v) is 3.11. The van der Waals surface area contributed by atoms with E-state index in [1.807, 2.05) is 0 Å². The van der Waals surface area contributed by atoms with Gasteiger partial charge in [0.05, 0.1) is 11.3 Å². The van der Waals surface area contributed by atoms with Gasteiger partial charge in [0.15, 0.2) is 5.76 Å². The molecule has 0 heterocycles. The zero-order valence-electron chi connectivity index (χ0n) is 11.8. The minimum atomic E-state index is -4.99. The molecule has 7 heteroatoms. The highest BCUT2D eigenvalue weighted by atomic mass is 19.3. The number of hydrogen-bond acceptors (Lipinski definition) is 3. The molecule has 2 rings (SSSR count). The fourth-order valence-electron chi connectivity index (χ4n) is 2.07. The molecule has 0 saturated heterocycles. The smallest absolute Gasteiger partial charge is 0.379 e. The Morgan fingerprint density at radius 1 is 1.09 bits per heavy atom. The van der Waals surface area contributed by atoms with Gasteiger partial charge >= 0.3 is 11.8 Å². The van der Waals surface area contributed by atoms with Gasteiger partial charge in [-0.05, 0) is 13.8 Å². The van der Waals surface area contributed by atoms with Crippen LogP contribution in [-0.2, 0) is 4.79 Å². The molecule has 0 amide bonds. The highest BCUT2D eigenvalue weighted by molar-refractivity contribution is 6.32. The van der Waals surface area contributed by atoms with Crippen LogP contribution in [0.3, 0.4) is 0 Å². The molecule has 0 radical (unpaired) electrons. The van der Waals surface area contributed by atoms with E-state index < -0.39 is 35.0 Å². The van der Waals surface area contributed by atoms with E-state index in [1.54, 1.807) is 32.0 Å². The molecule has 118 valence electrons. The molecule has 0 spiro atoms. The van der Waals surface area contributed by atoms with E-state index in [0.29, 0.717) is 0 Å². The Bertz CT molecular complexity index is 663. The number of aliphatic imine (C=N–C) groups is 1. The first-order valence-corrected chi connectivity index (χ1v) is 6.48. The zero-order valence-corrected chi connectivity index (χ0v) is 11.8. The first-order valence-electron chi connectivity index (χ1n) is 6.48. The lowest BCUT2D eigenvalue weighted by molar-refractivity contribution is -0.190. The summed E-state index contributed by atoms with van der Waals surface area (Å²) in [6.45, 7) is 3.19. The van der Waals surface area contributed by atoms with Crippen molar-refractivity contribution in [2.45, 2.75) is 31.7 Å². The second kappa shape index (κ2) is 5.23. The molecule has 1 aromatic carbocycles. The van der Waals surface area contributed by atoms with Gasteiger partial charge in [0, 0.05) is 11.6 Å². The quantitative estimate of drug-likeness (QED) is 0.685. The van der Waals surface area contributed by atoms with E-state index in [-0.39, 0.29) is 11.3 Å². The lowest BCUT2D eigenvalue weighted by Crippen LogP contribution is -2.42. The Balaban J connectivity index is 2.69. The van der Waals surface area contributed by atoms with Crippen LogP contribution in [0.1, 0.15) is 19.4 Å². The summed E-state index contributed by atoms with van der Waals surface area (Å²) in [6, 6.07) is 7.12. The molecule has 0 atom stereocenters. The number of rotatable bonds is 3. The SMILES string of the molecule is CC(C)N=C(C1=C(O)C(F)(F)C(F)(F)C1=O)c1ccccc1. The van der Waals surface area contributed by atoms with Gasteiger partial charge in [-0.3, -0.25) is 9.79 Å². The van der Waals surface area contributed by atoms with Gasteiger partial charge in [0.2, 0.25) is 5.78 Å². The number of hydrogen-bond donors (Lipinski definition) is 1. The second-order valence-corrected chi connectivity index (χ2v) is 5.14. The van der Waals surface area contributed by atoms with Crippen molar-refractivity contribution in [1.29, 1.82) is 0 Å². The predicted octanol–water partition coefficient (Wildman–Crippen LogP) is 3.55. The Labute approximate surface area is 124 Å². The first kappa shape index (κ1) is 16.2. The Hall–Kier alpha value is -2.18. The van der Waals surface area contributed by atoms with Gasteiger partial charge in [-0.25, -0.2) is 0 Å². The molecule has 0 aliphatic heterocycles. The maximum Gasteiger partial charge on any atom is 0.379 e. The Kier molecular flexibility index (Phi) is 3.85. The number of Topliss-reactive ketones (excluding diaryl/α,β-unsaturated/α-hetero) is 1. The molecule has 1 aromatic rings. The molecule has 1 N–H and O–H groups in total. The number of carbonyl (C=O) groups excluding carboxylic acids is 1. The highest BCUT2D eigenvalue weighted by Crippen LogP contribution is 2.48. The molecule has 1 aliphatic rings. The van der Waals surface area contributed by atoms with E-state index in [4.69, 9.17) is 0 Å². The fourth-order valence-corrected chi connectivity index (χ4v) is 2.07. The summed E-state index contributed by atoms with van der Waals surface area (Å²) in [7, 11) is 0.